The van der Waals surface area contributed by atoms with Crippen LogP contribution in [0.1, 0.15) is 74.7 Å². The Balaban J connectivity index is 3.75. The predicted molar refractivity (Wildman–Crippen MR) is 119 cm³/mol. The molecule has 1 saturated carbocycles. The second-order valence-electron chi connectivity index (χ2n) is 9.28. The minimum absolute atomic E-state index is 0.0102. The Labute approximate surface area is 176 Å². The molecule has 0 amide bonds. The molecule has 2 atom stereocenters. The summed E-state index contributed by atoms with van der Waals surface area (Å²) in [6, 6.07) is 0. The number of Topliss-reactive ketones (excluding diaryl/α,β-unsaturated/α-hetero) is 2. The van der Waals surface area contributed by atoms with Crippen LogP contribution in [0.2, 0.25) is 0 Å². The Morgan fingerprint density at radius 1 is 0.931 bits per heavy atom. The van der Waals surface area contributed by atoms with Gasteiger partial charge in [-0.2, -0.15) is 0 Å². The van der Waals surface area contributed by atoms with Gasteiger partial charge in [0, 0.05) is 5.92 Å². The van der Waals surface area contributed by atoms with E-state index in [1.807, 2.05) is 59.8 Å². The van der Waals surface area contributed by atoms with Crippen LogP contribution in [0.4, 0.5) is 0 Å². The maximum Gasteiger partial charge on any atom is 0.175 e. The van der Waals surface area contributed by atoms with Gasteiger partial charge in [0.2, 0.25) is 0 Å². The maximum atomic E-state index is 13.7. The topological polar surface area (TPSA) is 74.6 Å². The van der Waals surface area contributed by atoms with E-state index in [-0.39, 0.29) is 29.5 Å². The van der Waals surface area contributed by atoms with Crippen LogP contribution >= 0.6 is 0 Å². The van der Waals surface area contributed by atoms with Gasteiger partial charge in [-0.3, -0.25) is 9.59 Å². The first kappa shape index (κ1) is 25.1. The molecule has 162 valence electrons. The van der Waals surface area contributed by atoms with Crippen LogP contribution in [-0.2, 0) is 9.59 Å². The second-order valence-corrected chi connectivity index (χ2v) is 9.28. The van der Waals surface area contributed by atoms with Gasteiger partial charge in [0.25, 0.3) is 0 Å². The maximum absolute atomic E-state index is 13.7. The first-order valence-corrected chi connectivity index (χ1v) is 10.4. The lowest BCUT2D eigenvalue weighted by Crippen LogP contribution is -2.55. The highest BCUT2D eigenvalue weighted by Crippen LogP contribution is 2.46. The van der Waals surface area contributed by atoms with E-state index >= 15 is 0 Å². The molecular weight excluding hydrogens is 364 g/mol. The van der Waals surface area contributed by atoms with Crippen LogP contribution < -0.4 is 0 Å². The summed E-state index contributed by atoms with van der Waals surface area (Å²) in [6.07, 6.45) is 5.37. The molecule has 2 N–H and O–H groups in total. The Kier molecular flexibility index (Phi) is 8.83. The highest BCUT2D eigenvalue weighted by molar-refractivity contribution is 6.16. The smallest absolute Gasteiger partial charge is 0.175 e. The summed E-state index contributed by atoms with van der Waals surface area (Å²) in [6.45, 7) is 15.2. The average Bonchev–Trinajstić information content (AvgIpc) is 2.60. The molecule has 0 bridgehead atoms. The van der Waals surface area contributed by atoms with E-state index in [0.29, 0.717) is 12.8 Å². The summed E-state index contributed by atoms with van der Waals surface area (Å²) in [5, 5.41) is 22.0. The molecule has 2 unspecified atom stereocenters. The van der Waals surface area contributed by atoms with E-state index < -0.39 is 23.2 Å². The molecule has 1 aliphatic carbocycles. The molecule has 29 heavy (non-hydrogen) atoms. The number of hydrogen-bond donors (Lipinski definition) is 2. The molecular formula is C25H38O4. The Morgan fingerprint density at radius 2 is 1.38 bits per heavy atom. The molecule has 0 saturated heterocycles. The van der Waals surface area contributed by atoms with Gasteiger partial charge in [0.15, 0.2) is 11.6 Å². The molecule has 0 aromatic carbocycles. The van der Waals surface area contributed by atoms with Crippen molar-refractivity contribution in [1.29, 1.82) is 0 Å². The summed E-state index contributed by atoms with van der Waals surface area (Å²) < 4.78 is 0. The first-order valence-electron chi connectivity index (χ1n) is 10.4. The quantitative estimate of drug-likeness (QED) is 0.250. The fourth-order valence-corrected chi connectivity index (χ4v) is 3.62. The van der Waals surface area contributed by atoms with Gasteiger partial charge >= 0.3 is 0 Å². The molecule has 0 heterocycles. The van der Waals surface area contributed by atoms with Gasteiger partial charge < -0.3 is 10.2 Å². The van der Waals surface area contributed by atoms with Gasteiger partial charge in [-0.15, -0.1) is 0 Å². The number of aliphatic hydroxyl groups excluding tert-OH is 2. The third-order valence-electron chi connectivity index (χ3n) is 5.52. The minimum Gasteiger partial charge on any atom is -0.512 e. The van der Waals surface area contributed by atoms with Gasteiger partial charge in [-0.25, -0.2) is 0 Å². The number of carbonyl (C=O) groups excluding carboxylic acids is 2. The van der Waals surface area contributed by atoms with Gasteiger partial charge in [-0.05, 0) is 60.8 Å². The van der Waals surface area contributed by atoms with Crippen molar-refractivity contribution >= 4 is 11.6 Å². The number of hydrogen-bond acceptors (Lipinski definition) is 4. The number of carbonyl (C=O) groups is 2. The molecule has 0 aromatic heterocycles. The lowest BCUT2D eigenvalue weighted by molar-refractivity contribution is -0.148. The summed E-state index contributed by atoms with van der Waals surface area (Å²) in [4.78, 5) is 26.9. The predicted octanol–water partition coefficient (Wildman–Crippen LogP) is 5.64. The fourth-order valence-electron chi connectivity index (χ4n) is 3.62. The molecule has 0 spiro atoms. The highest BCUT2D eigenvalue weighted by atomic mass is 16.3. The summed E-state index contributed by atoms with van der Waals surface area (Å²) in [5.41, 5.74) is 1.95. The van der Waals surface area contributed by atoms with E-state index in [1.165, 1.54) is 0 Å². The van der Waals surface area contributed by atoms with Crippen LogP contribution in [-0.4, -0.2) is 27.9 Å². The number of allylic oxidation sites excluding steroid dienone is 7. The lowest BCUT2D eigenvalue weighted by Gasteiger charge is -2.43. The normalized spacial score (nSPS) is 23.0. The number of rotatable bonds is 7. The number of aliphatic hydroxyl groups is 2. The number of ketones is 2. The zero-order valence-corrected chi connectivity index (χ0v) is 19.3. The van der Waals surface area contributed by atoms with E-state index in [2.05, 4.69) is 0 Å². The summed E-state index contributed by atoms with van der Waals surface area (Å²) in [5.74, 6) is -2.00. The molecule has 0 aliphatic heterocycles. The van der Waals surface area contributed by atoms with Crippen molar-refractivity contribution in [1.82, 2.24) is 0 Å². The standard InChI is InChI=1S/C25H38O4/c1-15(2)9-10-19-22(27)20(21(26)18(7)8)24(29)25(23(19)28,13-11-16(3)4)14-12-17(5)6/h9,11-12,18-19,24,26,29H,10,13-14H2,1-8H3/b21-20-. The first-order chi connectivity index (χ1) is 13.3. The summed E-state index contributed by atoms with van der Waals surface area (Å²) in [7, 11) is 0. The van der Waals surface area contributed by atoms with E-state index in [4.69, 9.17) is 0 Å². The molecule has 4 heteroatoms. The van der Waals surface area contributed by atoms with E-state index in [9.17, 15) is 19.8 Å². The van der Waals surface area contributed by atoms with Gasteiger partial charge in [0.05, 0.1) is 23.0 Å². The van der Waals surface area contributed by atoms with Crippen molar-refractivity contribution in [3.05, 3.63) is 46.3 Å². The fraction of sp³-hybridized carbons (Fsp3) is 0.600. The average molecular weight is 403 g/mol. The molecule has 1 fully saturated rings. The molecule has 1 rings (SSSR count). The zero-order chi connectivity index (χ0) is 22.5. The van der Waals surface area contributed by atoms with Crippen molar-refractivity contribution in [2.45, 2.75) is 80.8 Å². The third kappa shape index (κ3) is 5.79. The molecule has 0 aromatic rings. The lowest BCUT2D eigenvalue weighted by atomic mass is 9.59. The van der Waals surface area contributed by atoms with Crippen LogP contribution in [0.15, 0.2) is 46.3 Å². The van der Waals surface area contributed by atoms with Crippen LogP contribution in [0.25, 0.3) is 0 Å². The largest absolute Gasteiger partial charge is 0.512 e. The van der Waals surface area contributed by atoms with Crippen molar-refractivity contribution in [2.24, 2.45) is 17.3 Å². The summed E-state index contributed by atoms with van der Waals surface area (Å²) >= 11 is 0. The highest BCUT2D eigenvalue weighted by Gasteiger charge is 2.56. The van der Waals surface area contributed by atoms with Crippen molar-refractivity contribution in [2.75, 3.05) is 0 Å². The second kappa shape index (κ2) is 10.2. The molecule has 4 nitrogen and oxygen atoms in total. The van der Waals surface area contributed by atoms with Gasteiger partial charge in [0.1, 0.15) is 5.76 Å². The van der Waals surface area contributed by atoms with Crippen LogP contribution in [0.3, 0.4) is 0 Å². The van der Waals surface area contributed by atoms with E-state index in [1.54, 1.807) is 13.8 Å². The van der Waals surface area contributed by atoms with E-state index in [0.717, 1.165) is 16.7 Å². The van der Waals surface area contributed by atoms with Crippen LogP contribution in [0, 0.1) is 17.3 Å². The van der Waals surface area contributed by atoms with Gasteiger partial charge in [-0.1, -0.05) is 48.8 Å². The van der Waals surface area contributed by atoms with Crippen molar-refractivity contribution in [3.63, 3.8) is 0 Å². The zero-order valence-electron chi connectivity index (χ0n) is 19.3. The molecule has 0 radical (unpaired) electrons. The minimum atomic E-state index is -1.33. The van der Waals surface area contributed by atoms with Crippen LogP contribution in [0.5, 0.6) is 0 Å². The Hall–Kier alpha value is -1.94. The third-order valence-corrected chi connectivity index (χ3v) is 5.52. The Bertz CT molecular complexity index is 730. The Morgan fingerprint density at radius 3 is 1.76 bits per heavy atom. The SMILES string of the molecule is CC(C)=CCC1C(=O)/C(=C(/O)C(C)C)C(O)C(CC=C(C)C)(CC=C(C)C)C1=O. The van der Waals surface area contributed by atoms with Crippen molar-refractivity contribution < 1.29 is 19.8 Å². The monoisotopic (exact) mass is 402 g/mol. The van der Waals surface area contributed by atoms with Crippen molar-refractivity contribution in [3.8, 4) is 0 Å². The molecule has 1 aliphatic rings.